The largest absolute Gasteiger partial charge is 0.497 e. The fourth-order valence-electron chi connectivity index (χ4n) is 3.52. The van der Waals surface area contributed by atoms with Crippen LogP contribution >= 0.6 is 11.3 Å². The van der Waals surface area contributed by atoms with Gasteiger partial charge in [0.15, 0.2) is 11.9 Å². The summed E-state index contributed by atoms with van der Waals surface area (Å²) in [5.41, 5.74) is 1.59. The second-order valence-electron chi connectivity index (χ2n) is 7.40. The van der Waals surface area contributed by atoms with Gasteiger partial charge in [-0.2, -0.15) is 5.10 Å². The number of aromatic nitrogens is 4. The Labute approximate surface area is 190 Å². The molecular formula is C21H25N7O3S. The Balaban J connectivity index is 1.34. The lowest BCUT2D eigenvalue weighted by atomic mass is 10.1. The minimum Gasteiger partial charge on any atom is -0.497 e. The van der Waals surface area contributed by atoms with Gasteiger partial charge in [0, 0.05) is 26.2 Å². The average molecular weight is 456 g/mol. The first kappa shape index (κ1) is 21.9. The van der Waals surface area contributed by atoms with E-state index in [1.54, 1.807) is 13.2 Å². The van der Waals surface area contributed by atoms with Gasteiger partial charge >= 0.3 is 0 Å². The van der Waals surface area contributed by atoms with Crippen molar-refractivity contribution in [3.63, 3.8) is 0 Å². The summed E-state index contributed by atoms with van der Waals surface area (Å²) in [4.78, 5) is 14.9. The van der Waals surface area contributed by atoms with E-state index in [4.69, 9.17) is 9.47 Å². The summed E-state index contributed by atoms with van der Waals surface area (Å²) >= 11 is 1.29. The summed E-state index contributed by atoms with van der Waals surface area (Å²) < 4.78 is 10.6. The van der Waals surface area contributed by atoms with Gasteiger partial charge in [-0.3, -0.25) is 10.1 Å². The first-order valence-corrected chi connectivity index (χ1v) is 11.0. The Morgan fingerprint density at radius 1 is 1.16 bits per heavy atom. The summed E-state index contributed by atoms with van der Waals surface area (Å²) in [6, 6.07) is 11.4. The number of rotatable bonds is 8. The molecule has 1 aliphatic rings. The van der Waals surface area contributed by atoms with Crippen LogP contribution in [0.3, 0.4) is 0 Å². The SMILES string of the molecule is COc1cccc([C@@H](OC)C(=O)Nc2nnc(N[C@@H]3CCN(c4ccc(C)nn4)C3)s2)c1. The monoisotopic (exact) mass is 455 g/mol. The van der Waals surface area contributed by atoms with Crippen LogP contribution in [0, 0.1) is 6.92 Å². The van der Waals surface area contributed by atoms with Gasteiger partial charge in [0.2, 0.25) is 10.3 Å². The number of carbonyl (C=O) groups is 1. The predicted octanol–water partition coefficient (Wildman–Crippen LogP) is 2.66. The fraction of sp³-hybridized carbons (Fsp3) is 0.381. The maximum atomic E-state index is 12.7. The summed E-state index contributed by atoms with van der Waals surface area (Å²) in [5, 5.41) is 23.9. The third-order valence-corrected chi connectivity index (χ3v) is 5.92. The van der Waals surface area contributed by atoms with Crippen LogP contribution in [0.15, 0.2) is 36.4 Å². The lowest BCUT2D eigenvalue weighted by Crippen LogP contribution is -2.26. The summed E-state index contributed by atoms with van der Waals surface area (Å²) in [6.45, 7) is 3.59. The molecule has 0 radical (unpaired) electrons. The first-order chi connectivity index (χ1) is 15.6. The number of benzene rings is 1. The molecule has 0 unspecified atom stereocenters. The molecule has 10 nitrogen and oxygen atoms in total. The van der Waals surface area contributed by atoms with E-state index in [1.165, 1.54) is 18.4 Å². The highest BCUT2D eigenvalue weighted by Crippen LogP contribution is 2.27. The molecule has 0 bridgehead atoms. The van der Waals surface area contributed by atoms with Crippen molar-refractivity contribution in [3.8, 4) is 5.75 Å². The second kappa shape index (κ2) is 9.88. The van der Waals surface area contributed by atoms with Crippen molar-refractivity contribution in [1.82, 2.24) is 20.4 Å². The number of nitrogens with zero attached hydrogens (tertiary/aromatic N) is 5. The van der Waals surface area contributed by atoms with Crippen LogP contribution < -0.4 is 20.3 Å². The smallest absolute Gasteiger partial charge is 0.259 e. The molecule has 168 valence electrons. The molecule has 3 aromatic rings. The molecule has 1 saturated heterocycles. The van der Waals surface area contributed by atoms with Crippen molar-refractivity contribution in [2.75, 3.05) is 42.8 Å². The predicted molar refractivity (Wildman–Crippen MR) is 122 cm³/mol. The van der Waals surface area contributed by atoms with Crippen LogP contribution in [-0.2, 0) is 9.53 Å². The highest BCUT2D eigenvalue weighted by Gasteiger charge is 2.26. The van der Waals surface area contributed by atoms with E-state index in [0.29, 0.717) is 21.6 Å². The highest BCUT2D eigenvalue weighted by molar-refractivity contribution is 7.19. The van der Waals surface area contributed by atoms with Crippen molar-refractivity contribution in [3.05, 3.63) is 47.7 Å². The number of amides is 1. The third kappa shape index (κ3) is 5.11. The van der Waals surface area contributed by atoms with Crippen LogP contribution in [0.25, 0.3) is 0 Å². The zero-order chi connectivity index (χ0) is 22.5. The van der Waals surface area contributed by atoms with Crippen molar-refractivity contribution in [2.24, 2.45) is 0 Å². The normalized spacial score (nSPS) is 16.6. The topological polar surface area (TPSA) is 114 Å². The third-order valence-electron chi connectivity index (χ3n) is 5.15. The van der Waals surface area contributed by atoms with E-state index in [1.807, 2.05) is 37.3 Å². The van der Waals surface area contributed by atoms with Crippen LogP contribution in [-0.4, -0.2) is 59.7 Å². The number of hydrogen-bond acceptors (Lipinski definition) is 10. The quantitative estimate of drug-likeness (QED) is 0.529. The lowest BCUT2D eigenvalue weighted by molar-refractivity contribution is -0.126. The van der Waals surface area contributed by atoms with E-state index in [9.17, 15) is 4.79 Å². The summed E-state index contributed by atoms with van der Waals surface area (Å²) in [5.74, 6) is 1.20. The van der Waals surface area contributed by atoms with Gasteiger partial charge in [0.05, 0.1) is 12.8 Å². The Kier molecular flexibility index (Phi) is 6.76. The van der Waals surface area contributed by atoms with E-state index < -0.39 is 6.10 Å². The fourth-order valence-corrected chi connectivity index (χ4v) is 4.25. The van der Waals surface area contributed by atoms with Crippen LogP contribution in [0.1, 0.15) is 23.8 Å². The molecule has 32 heavy (non-hydrogen) atoms. The standard InChI is InChI=1S/C21H25N7O3S/c1-13-7-8-17(25-24-13)28-10-9-15(12-28)22-20-26-27-21(32-20)23-19(29)18(31-3)14-5-4-6-16(11-14)30-2/h4-8,11,15,18H,9-10,12H2,1-3H3,(H,22,26)(H,23,27,29)/t15-,18-/m1/s1. The summed E-state index contributed by atoms with van der Waals surface area (Å²) in [7, 11) is 3.07. The molecule has 0 spiro atoms. The van der Waals surface area contributed by atoms with Gasteiger partial charge in [-0.15, -0.1) is 15.3 Å². The van der Waals surface area contributed by atoms with Crippen molar-refractivity contribution in [2.45, 2.75) is 25.5 Å². The van der Waals surface area contributed by atoms with Gasteiger partial charge in [0.25, 0.3) is 5.91 Å². The second-order valence-corrected chi connectivity index (χ2v) is 8.38. The molecule has 1 amide bonds. The molecule has 3 heterocycles. The van der Waals surface area contributed by atoms with E-state index in [0.717, 1.165) is 31.0 Å². The molecule has 2 atom stereocenters. The molecule has 1 aliphatic heterocycles. The number of anilines is 3. The zero-order valence-corrected chi connectivity index (χ0v) is 18.9. The van der Waals surface area contributed by atoms with Crippen LogP contribution in [0.4, 0.5) is 16.1 Å². The molecule has 2 N–H and O–H groups in total. The van der Waals surface area contributed by atoms with Gasteiger partial charge in [-0.25, -0.2) is 0 Å². The molecule has 11 heteroatoms. The number of ether oxygens (including phenoxy) is 2. The van der Waals surface area contributed by atoms with Crippen molar-refractivity contribution in [1.29, 1.82) is 0 Å². The molecule has 4 rings (SSSR count). The lowest BCUT2D eigenvalue weighted by Gasteiger charge is -2.17. The maximum absolute atomic E-state index is 12.7. The number of hydrogen-bond donors (Lipinski definition) is 2. The zero-order valence-electron chi connectivity index (χ0n) is 18.1. The van der Waals surface area contributed by atoms with Gasteiger partial charge in [0.1, 0.15) is 5.75 Å². The molecule has 0 aliphatic carbocycles. The van der Waals surface area contributed by atoms with Gasteiger partial charge in [-0.05, 0) is 43.2 Å². The summed E-state index contributed by atoms with van der Waals surface area (Å²) in [6.07, 6.45) is 0.155. The number of methoxy groups -OCH3 is 2. The van der Waals surface area contributed by atoms with Crippen LogP contribution in [0.2, 0.25) is 0 Å². The van der Waals surface area contributed by atoms with E-state index in [-0.39, 0.29) is 11.9 Å². The molecule has 1 aromatic carbocycles. The number of carbonyl (C=O) groups excluding carboxylic acids is 1. The van der Waals surface area contributed by atoms with Gasteiger partial charge < -0.3 is 19.7 Å². The van der Waals surface area contributed by atoms with Crippen LogP contribution in [0.5, 0.6) is 5.75 Å². The minimum atomic E-state index is -0.788. The van der Waals surface area contributed by atoms with Gasteiger partial charge in [-0.1, -0.05) is 23.5 Å². The van der Waals surface area contributed by atoms with Crippen molar-refractivity contribution >= 4 is 33.3 Å². The highest BCUT2D eigenvalue weighted by atomic mass is 32.1. The first-order valence-electron chi connectivity index (χ1n) is 10.2. The maximum Gasteiger partial charge on any atom is 0.259 e. The van der Waals surface area contributed by atoms with E-state index >= 15 is 0 Å². The molecule has 0 saturated carbocycles. The molecular weight excluding hydrogens is 430 g/mol. The average Bonchev–Trinajstić information content (AvgIpc) is 3.45. The Hall–Kier alpha value is -3.31. The molecule has 2 aromatic heterocycles. The Bertz CT molecular complexity index is 1060. The minimum absolute atomic E-state index is 0.207. The van der Waals surface area contributed by atoms with Crippen molar-refractivity contribution < 1.29 is 14.3 Å². The molecule has 1 fully saturated rings. The van der Waals surface area contributed by atoms with E-state index in [2.05, 4.69) is 35.9 Å². The number of aryl methyl sites for hydroxylation is 1. The Morgan fingerprint density at radius 2 is 2.00 bits per heavy atom. The Morgan fingerprint density at radius 3 is 2.75 bits per heavy atom. The number of nitrogens with one attached hydrogen (secondary N) is 2.